The van der Waals surface area contributed by atoms with E-state index in [9.17, 15) is 17.6 Å². The van der Waals surface area contributed by atoms with Gasteiger partial charge in [-0.25, -0.2) is 27.5 Å². The Morgan fingerprint density at radius 1 is 1.18 bits per heavy atom. The summed E-state index contributed by atoms with van der Waals surface area (Å²) in [6, 6.07) is 3.51. The monoisotopic (exact) mass is 475 g/mol. The molecule has 176 valence electrons. The number of sulfone groups is 1. The van der Waals surface area contributed by atoms with Gasteiger partial charge in [-0.1, -0.05) is 20.8 Å². The molecule has 0 saturated carbocycles. The maximum absolute atomic E-state index is 14.5. The van der Waals surface area contributed by atoms with E-state index in [1.54, 1.807) is 10.9 Å². The van der Waals surface area contributed by atoms with Crippen molar-refractivity contribution in [2.45, 2.75) is 44.6 Å². The van der Waals surface area contributed by atoms with E-state index < -0.39 is 21.1 Å². The van der Waals surface area contributed by atoms with Crippen molar-refractivity contribution in [2.75, 3.05) is 19.3 Å². The fourth-order valence-electron chi connectivity index (χ4n) is 3.88. The Balaban J connectivity index is 1.55. The van der Waals surface area contributed by atoms with Gasteiger partial charge in [-0.2, -0.15) is 5.10 Å². The van der Waals surface area contributed by atoms with Crippen molar-refractivity contribution in [2.24, 2.45) is 5.41 Å². The Hall–Kier alpha value is -3.08. The molecular weight excluding hydrogens is 449 g/mol. The Morgan fingerprint density at radius 2 is 1.88 bits per heavy atom. The fourth-order valence-corrected chi connectivity index (χ4v) is 4.51. The predicted octanol–water partition coefficient (Wildman–Crippen LogP) is 3.37. The van der Waals surface area contributed by atoms with Gasteiger partial charge in [-0.05, 0) is 31.0 Å². The molecule has 0 spiro atoms. The van der Waals surface area contributed by atoms with Crippen LogP contribution >= 0.6 is 0 Å². The maximum Gasteiger partial charge on any atom is 0.233 e. The first-order valence-corrected chi connectivity index (χ1v) is 12.5. The molecule has 0 bridgehead atoms. The summed E-state index contributed by atoms with van der Waals surface area (Å²) in [6.45, 7) is 7.01. The molecule has 3 heterocycles. The number of carbonyl (C=O) groups excluding carboxylic acids is 1. The lowest BCUT2D eigenvalue weighted by Crippen LogP contribution is -2.44. The zero-order valence-electron chi connectivity index (χ0n) is 18.9. The minimum Gasteiger partial charge on any atom is -0.435 e. The third kappa shape index (κ3) is 4.68. The van der Waals surface area contributed by atoms with E-state index in [0.29, 0.717) is 24.1 Å². The molecular formula is C22H26FN5O4S. The summed E-state index contributed by atoms with van der Waals surface area (Å²) >= 11 is 0. The van der Waals surface area contributed by atoms with Gasteiger partial charge in [0.15, 0.2) is 27.1 Å². The summed E-state index contributed by atoms with van der Waals surface area (Å²) in [5.74, 6) is -0.706. The van der Waals surface area contributed by atoms with E-state index in [-0.39, 0.29) is 28.5 Å². The summed E-state index contributed by atoms with van der Waals surface area (Å²) in [6.07, 6.45) is 5.37. The minimum absolute atomic E-state index is 0.0556. The van der Waals surface area contributed by atoms with Gasteiger partial charge in [0.25, 0.3) is 0 Å². The third-order valence-electron chi connectivity index (χ3n) is 5.63. The SMILES string of the molecule is CC(C)(C)C(=O)N1CCC(n2ncc3c(Oc4ccc(S(C)(=O)=O)cc4F)ncnc32)CC1. The first kappa shape index (κ1) is 23.1. The number of fused-ring (bicyclic) bond motifs is 1. The van der Waals surface area contributed by atoms with Crippen molar-refractivity contribution in [3.8, 4) is 11.6 Å². The summed E-state index contributed by atoms with van der Waals surface area (Å²) in [4.78, 5) is 22.7. The fraction of sp³-hybridized carbons (Fsp3) is 0.455. The zero-order valence-corrected chi connectivity index (χ0v) is 19.8. The highest BCUT2D eigenvalue weighted by atomic mass is 32.2. The molecule has 0 radical (unpaired) electrons. The van der Waals surface area contributed by atoms with Crippen LogP contribution in [-0.4, -0.2) is 58.3 Å². The third-order valence-corrected chi connectivity index (χ3v) is 6.74. The Kier molecular flexibility index (Phi) is 5.85. The van der Waals surface area contributed by atoms with Crippen LogP contribution in [0.4, 0.5) is 4.39 Å². The number of ether oxygens (including phenoxy) is 1. The normalized spacial score (nSPS) is 15.7. The highest BCUT2D eigenvalue weighted by Gasteiger charge is 2.31. The van der Waals surface area contributed by atoms with Crippen molar-refractivity contribution in [3.05, 3.63) is 36.5 Å². The van der Waals surface area contributed by atoms with Gasteiger partial charge in [0, 0.05) is 24.8 Å². The molecule has 1 aliphatic heterocycles. The highest BCUT2D eigenvalue weighted by Crippen LogP contribution is 2.32. The number of benzene rings is 1. The summed E-state index contributed by atoms with van der Waals surface area (Å²) in [5.41, 5.74) is 0.133. The van der Waals surface area contributed by atoms with Crippen LogP contribution in [0, 0.1) is 11.2 Å². The lowest BCUT2D eigenvalue weighted by atomic mass is 9.93. The second-order valence-corrected chi connectivity index (χ2v) is 11.3. The van der Waals surface area contributed by atoms with Gasteiger partial charge in [0.1, 0.15) is 11.7 Å². The van der Waals surface area contributed by atoms with E-state index in [0.717, 1.165) is 25.2 Å². The van der Waals surface area contributed by atoms with Crippen LogP contribution in [0.3, 0.4) is 0 Å². The second kappa shape index (κ2) is 8.36. The number of hydrogen-bond acceptors (Lipinski definition) is 7. The number of carbonyl (C=O) groups is 1. The maximum atomic E-state index is 14.5. The topological polar surface area (TPSA) is 107 Å². The van der Waals surface area contributed by atoms with E-state index in [4.69, 9.17) is 4.74 Å². The standard InChI is InChI=1S/C22H26FN5O4S/c1-22(2,3)21(29)27-9-7-14(8-10-27)28-19-16(12-26-28)20(25-13-24-19)32-18-6-5-15(11-17(18)23)33(4,30)31/h5-6,11-14H,7-10H2,1-4H3. The summed E-state index contributed by atoms with van der Waals surface area (Å²) in [5, 5.41) is 4.98. The molecule has 3 aromatic rings. The number of hydrogen-bond donors (Lipinski definition) is 0. The van der Waals surface area contributed by atoms with E-state index in [1.165, 1.54) is 18.5 Å². The summed E-state index contributed by atoms with van der Waals surface area (Å²) < 4.78 is 45.2. The lowest BCUT2D eigenvalue weighted by molar-refractivity contribution is -0.140. The Bertz CT molecular complexity index is 1310. The van der Waals surface area contributed by atoms with Crippen molar-refractivity contribution in [1.29, 1.82) is 0 Å². The number of nitrogens with zero attached hydrogens (tertiary/aromatic N) is 5. The predicted molar refractivity (Wildman–Crippen MR) is 119 cm³/mol. The molecule has 1 aromatic carbocycles. The van der Waals surface area contributed by atoms with Crippen LogP contribution in [0.2, 0.25) is 0 Å². The molecule has 4 rings (SSSR count). The van der Waals surface area contributed by atoms with Gasteiger partial charge >= 0.3 is 0 Å². The quantitative estimate of drug-likeness (QED) is 0.569. The number of likely N-dealkylation sites (tertiary alicyclic amines) is 1. The van der Waals surface area contributed by atoms with Crippen LogP contribution in [0.1, 0.15) is 39.7 Å². The molecule has 0 N–H and O–H groups in total. The number of amides is 1. The zero-order chi connectivity index (χ0) is 24.0. The van der Waals surface area contributed by atoms with Gasteiger partial charge in [-0.15, -0.1) is 0 Å². The molecule has 0 aliphatic carbocycles. The molecule has 9 nitrogen and oxygen atoms in total. The first-order valence-electron chi connectivity index (χ1n) is 10.6. The van der Waals surface area contributed by atoms with Crippen LogP contribution in [0.15, 0.2) is 35.6 Å². The number of halogens is 1. The van der Waals surface area contributed by atoms with Crippen molar-refractivity contribution < 1.29 is 22.3 Å². The van der Waals surface area contributed by atoms with Crippen LogP contribution < -0.4 is 4.74 Å². The summed E-state index contributed by atoms with van der Waals surface area (Å²) in [7, 11) is -3.54. The van der Waals surface area contributed by atoms with Crippen molar-refractivity contribution >= 4 is 26.8 Å². The molecule has 1 fully saturated rings. The van der Waals surface area contributed by atoms with Gasteiger partial charge in [0.05, 0.1) is 17.1 Å². The van der Waals surface area contributed by atoms with Crippen LogP contribution in [-0.2, 0) is 14.6 Å². The molecule has 1 aliphatic rings. The Morgan fingerprint density at radius 3 is 2.48 bits per heavy atom. The van der Waals surface area contributed by atoms with Crippen LogP contribution in [0.5, 0.6) is 11.6 Å². The average molecular weight is 476 g/mol. The molecule has 2 aromatic heterocycles. The molecule has 1 amide bonds. The molecule has 11 heteroatoms. The van der Waals surface area contributed by atoms with E-state index >= 15 is 0 Å². The largest absolute Gasteiger partial charge is 0.435 e. The lowest BCUT2D eigenvalue weighted by Gasteiger charge is -2.35. The molecule has 0 unspecified atom stereocenters. The minimum atomic E-state index is -3.54. The number of aromatic nitrogens is 4. The van der Waals surface area contributed by atoms with E-state index in [1.807, 2.05) is 25.7 Å². The molecule has 1 saturated heterocycles. The molecule has 33 heavy (non-hydrogen) atoms. The van der Waals surface area contributed by atoms with Crippen molar-refractivity contribution in [1.82, 2.24) is 24.6 Å². The van der Waals surface area contributed by atoms with Crippen LogP contribution in [0.25, 0.3) is 11.0 Å². The smallest absolute Gasteiger partial charge is 0.233 e. The second-order valence-electron chi connectivity index (χ2n) is 9.25. The number of piperidine rings is 1. The number of rotatable bonds is 4. The van der Waals surface area contributed by atoms with Crippen molar-refractivity contribution in [3.63, 3.8) is 0 Å². The highest BCUT2D eigenvalue weighted by molar-refractivity contribution is 7.90. The van der Waals surface area contributed by atoms with Gasteiger partial charge in [0.2, 0.25) is 11.8 Å². The average Bonchev–Trinajstić information content (AvgIpc) is 3.18. The van der Waals surface area contributed by atoms with Gasteiger partial charge < -0.3 is 9.64 Å². The Labute approximate surface area is 191 Å². The van der Waals surface area contributed by atoms with Gasteiger partial charge in [-0.3, -0.25) is 4.79 Å². The first-order chi connectivity index (χ1) is 15.4. The van der Waals surface area contributed by atoms with E-state index in [2.05, 4.69) is 15.1 Å². The molecule has 0 atom stereocenters.